The average molecular weight is 247 g/mol. The van der Waals surface area contributed by atoms with Crippen molar-refractivity contribution in [3.05, 3.63) is 29.6 Å². The van der Waals surface area contributed by atoms with Crippen molar-refractivity contribution in [2.75, 3.05) is 6.54 Å². The number of carbonyl (C=O) groups excluding carboxylic acids is 1. The van der Waals surface area contributed by atoms with Gasteiger partial charge in [0, 0.05) is 6.20 Å². The number of amides is 2. The Balaban J connectivity index is 2.47. The van der Waals surface area contributed by atoms with Crippen molar-refractivity contribution in [1.29, 1.82) is 0 Å². The van der Waals surface area contributed by atoms with E-state index in [0.29, 0.717) is 5.69 Å². The molecule has 0 aliphatic rings. The molecule has 3 N–H and O–H groups in total. The van der Waals surface area contributed by atoms with Crippen molar-refractivity contribution in [3.8, 4) is 11.8 Å². The van der Waals surface area contributed by atoms with Gasteiger partial charge in [0.1, 0.15) is 0 Å². The first kappa shape index (κ1) is 13.5. The number of hydrogen-bond acceptors (Lipinski definition) is 3. The van der Waals surface area contributed by atoms with Crippen LogP contribution in [-0.2, 0) is 6.54 Å². The SMILES string of the molecule is CC#CCNC(=O)NCc1cc(C(=O)O)ccn1. The highest BCUT2D eigenvalue weighted by molar-refractivity contribution is 5.87. The Morgan fingerprint density at radius 3 is 2.89 bits per heavy atom. The van der Waals surface area contributed by atoms with Gasteiger partial charge in [0.05, 0.1) is 24.3 Å². The molecule has 0 aliphatic heterocycles. The van der Waals surface area contributed by atoms with Gasteiger partial charge in [-0.15, -0.1) is 5.92 Å². The molecule has 0 atom stereocenters. The first-order chi connectivity index (χ1) is 8.63. The third-order valence-electron chi connectivity index (χ3n) is 2.01. The van der Waals surface area contributed by atoms with Gasteiger partial charge in [-0.25, -0.2) is 9.59 Å². The van der Waals surface area contributed by atoms with Crippen LogP contribution in [0.15, 0.2) is 18.3 Å². The number of rotatable bonds is 4. The molecule has 1 aromatic rings. The molecule has 1 heterocycles. The number of pyridine rings is 1. The molecule has 0 bridgehead atoms. The molecule has 0 spiro atoms. The summed E-state index contributed by atoms with van der Waals surface area (Å²) in [6, 6.07) is 2.43. The Morgan fingerprint density at radius 2 is 2.22 bits per heavy atom. The summed E-state index contributed by atoms with van der Waals surface area (Å²) in [7, 11) is 0. The zero-order valence-electron chi connectivity index (χ0n) is 9.86. The Bertz CT molecular complexity index is 503. The highest BCUT2D eigenvalue weighted by atomic mass is 16.4. The second-order valence-electron chi connectivity index (χ2n) is 3.30. The van der Waals surface area contributed by atoms with Gasteiger partial charge in [0.25, 0.3) is 0 Å². The second-order valence-corrected chi connectivity index (χ2v) is 3.30. The molecule has 1 rings (SSSR count). The van der Waals surface area contributed by atoms with Gasteiger partial charge in [-0.3, -0.25) is 4.98 Å². The summed E-state index contributed by atoms with van der Waals surface area (Å²) in [5.41, 5.74) is 0.616. The van der Waals surface area contributed by atoms with Gasteiger partial charge in [-0.2, -0.15) is 0 Å². The molecule has 18 heavy (non-hydrogen) atoms. The lowest BCUT2D eigenvalue weighted by Crippen LogP contribution is -2.35. The van der Waals surface area contributed by atoms with Crippen LogP contribution in [0.25, 0.3) is 0 Å². The van der Waals surface area contributed by atoms with Crippen LogP contribution in [0.4, 0.5) is 4.79 Å². The number of carboxylic acids is 1. The maximum absolute atomic E-state index is 11.3. The monoisotopic (exact) mass is 247 g/mol. The number of hydrogen-bond donors (Lipinski definition) is 3. The predicted octanol–water partition coefficient (Wildman–Crippen LogP) is 0.602. The van der Waals surface area contributed by atoms with Gasteiger partial charge in [0.15, 0.2) is 0 Å². The number of urea groups is 1. The third kappa shape index (κ3) is 4.53. The topological polar surface area (TPSA) is 91.3 Å². The summed E-state index contributed by atoms with van der Waals surface area (Å²) in [5.74, 6) is 4.31. The lowest BCUT2D eigenvalue weighted by Gasteiger charge is -2.05. The van der Waals surface area contributed by atoms with E-state index in [-0.39, 0.29) is 24.7 Å². The van der Waals surface area contributed by atoms with E-state index in [1.54, 1.807) is 6.92 Å². The average Bonchev–Trinajstić information content (AvgIpc) is 2.37. The summed E-state index contributed by atoms with van der Waals surface area (Å²) >= 11 is 0. The molecule has 0 saturated carbocycles. The normalized spacial score (nSPS) is 8.94. The lowest BCUT2D eigenvalue weighted by molar-refractivity contribution is 0.0696. The van der Waals surface area contributed by atoms with E-state index in [4.69, 9.17) is 5.11 Å². The van der Waals surface area contributed by atoms with E-state index >= 15 is 0 Å². The largest absolute Gasteiger partial charge is 0.478 e. The van der Waals surface area contributed by atoms with Crippen LogP contribution in [0.3, 0.4) is 0 Å². The summed E-state index contributed by atoms with van der Waals surface area (Å²) in [6.07, 6.45) is 1.39. The minimum atomic E-state index is -1.03. The van der Waals surface area contributed by atoms with E-state index in [9.17, 15) is 9.59 Å². The standard InChI is InChI=1S/C12H13N3O3/c1-2-3-5-14-12(18)15-8-10-7-9(11(16)17)4-6-13-10/h4,6-7H,5,8H2,1H3,(H,16,17)(H2,14,15,18). The van der Waals surface area contributed by atoms with Crippen LogP contribution in [0.5, 0.6) is 0 Å². The Labute approximate surface area is 104 Å². The second kappa shape index (κ2) is 6.91. The summed E-state index contributed by atoms with van der Waals surface area (Å²) < 4.78 is 0. The molecule has 0 saturated heterocycles. The van der Waals surface area contributed by atoms with Crippen molar-refractivity contribution < 1.29 is 14.7 Å². The fourth-order valence-electron chi connectivity index (χ4n) is 1.15. The van der Waals surface area contributed by atoms with Crippen LogP contribution in [-0.4, -0.2) is 28.6 Å². The Kier molecular flexibility index (Phi) is 5.19. The van der Waals surface area contributed by atoms with Crippen LogP contribution < -0.4 is 10.6 Å². The number of nitrogens with zero attached hydrogens (tertiary/aromatic N) is 1. The quantitative estimate of drug-likeness (QED) is 0.679. The number of carbonyl (C=O) groups is 2. The van der Waals surface area contributed by atoms with E-state index in [1.165, 1.54) is 18.3 Å². The maximum Gasteiger partial charge on any atom is 0.335 e. The van der Waals surface area contributed by atoms with Gasteiger partial charge >= 0.3 is 12.0 Å². The molecular formula is C12H13N3O3. The molecule has 0 unspecified atom stereocenters. The summed E-state index contributed by atoms with van der Waals surface area (Å²) in [5, 5.41) is 13.9. The molecular weight excluding hydrogens is 234 g/mol. The fraction of sp³-hybridized carbons (Fsp3) is 0.250. The highest BCUT2D eigenvalue weighted by Crippen LogP contribution is 2.01. The first-order valence-corrected chi connectivity index (χ1v) is 5.23. The van der Waals surface area contributed by atoms with Gasteiger partial charge in [-0.05, 0) is 19.1 Å². The number of aromatic carboxylic acids is 1. The maximum atomic E-state index is 11.3. The third-order valence-corrected chi connectivity index (χ3v) is 2.01. The van der Waals surface area contributed by atoms with Crippen molar-refractivity contribution in [2.24, 2.45) is 0 Å². The molecule has 0 aromatic carbocycles. The molecule has 94 valence electrons. The van der Waals surface area contributed by atoms with Gasteiger partial charge < -0.3 is 15.7 Å². The van der Waals surface area contributed by atoms with Crippen molar-refractivity contribution in [1.82, 2.24) is 15.6 Å². The minimum absolute atomic E-state index is 0.138. The summed E-state index contributed by atoms with van der Waals surface area (Å²) in [4.78, 5) is 26.0. The number of nitrogens with one attached hydrogen (secondary N) is 2. The molecule has 2 amide bonds. The smallest absolute Gasteiger partial charge is 0.335 e. The van der Waals surface area contributed by atoms with Gasteiger partial charge in [0.2, 0.25) is 0 Å². The molecule has 0 fully saturated rings. The number of carboxylic acid groups (broad SMARTS) is 1. The molecule has 6 nitrogen and oxygen atoms in total. The van der Waals surface area contributed by atoms with Crippen molar-refractivity contribution in [2.45, 2.75) is 13.5 Å². The van der Waals surface area contributed by atoms with Crippen LogP contribution in [0.1, 0.15) is 23.0 Å². The van der Waals surface area contributed by atoms with E-state index in [0.717, 1.165) is 0 Å². The highest BCUT2D eigenvalue weighted by Gasteiger charge is 2.05. The molecule has 6 heteroatoms. The van der Waals surface area contributed by atoms with Gasteiger partial charge in [-0.1, -0.05) is 5.92 Å². The summed E-state index contributed by atoms with van der Waals surface area (Å²) in [6.45, 7) is 2.11. The van der Waals surface area contributed by atoms with Crippen LogP contribution in [0.2, 0.25) is 0 Å². The molecule has 1 aromatic heterocycles. The van der Waals surface area contributed by atoms with Crippen molar-refractivity contribution in [3.63, 3.8) is 0 Å². The van der Waals surface area contributed by atoms with E-state index < -0.39 is 5.97 Å². The van der Waals surface area contributed by atoms with E-state index in [1.807, 2.05) is 0 Å². The Morgan fingerprint density at radius 1 is 1.44 bits per heavy atom. The molecule has 0 radical (unpaired) electrons. The Hall–Kier alpha value is -2.55. The van der Waals surface area contributed by atoms with Crippen LogP contribution >= 0.6 is 0 Å². The zero-order valence-corrected chi connectivity index (χ0v) is 9.86. The predicted molar refractivity (Wildman–Crippen MR) is 64.9 cm³/mol. The van der Waals surface area contributed by atoms with Crippen LogP contribution in [0, 0.1) is 11.8 Å². The number of aromatic nitrogens is 1. The minimum Gasteiger partial charge on any atom is -0.478 e. The van der Waals surface area contributed by atoms with E-state index in [2.05, 4.69) is 27.5 Å². The lowest BCUT2D eigenvalue weighted by atomic mass is 10.2. The zero-order chi connectivity index (χ0) is 13.4. The van der Waals surface area contributed by atoms with Crippen molar-refractivity contribution >= 4 is 12.0 Å². The fourth-order valence-corrected chi connectivity index (χ4v) is 1.15. The first-order valence-electron chi connectivity index (χ1n) is 5.23. The molecule has 0 aliphatic carbocycles.